The van der Waals surface area contributed by atoms with Crippen LogP contribution in [0.15, 0.2) is 84.9 Å². The van der Waals surface area contributed by atoms with Gasteiger partial charge >= 0.3 is 0 Å². The number of phenolic OH excluding ortho intramolecular Hbond substituents is 14. The van der Waals surface area contributed by atoms with Gasteiger partial charge in [-0.3, -0.25) is 0 Å². The van der Waals surface area contributed by atoms with Crippen LogP contribution in [-0.4, -0.2) is 71.5 Å². The number of benzene rings is 6. The van der Waals surface area contributed by atoms with E-state index in [0.29, 0.717) is 83.0 Å². The highest BCUT2D eigenvalue weighted by Gasteiger charge is 2.28. The topological polar surface area (TPSA) is 283 Å². The summed E-state index contributed by atoms with van der Waals surface area (Å²) >= 11 is 0. The molecule has 0 amide bonds. The quantitative estimate of drug-likeness (QED) is 0.0467. The first kappa shape index (κ1) is 42.1. The summed E-state index contributed by atoms with van der Waals surface area (Å²) in [6.45, 7) is 0. The van der Waals surface area contributed by atoms with Crippen molar-refractivity contribution in [2.75, 3.05) is 0 Å². The lowest BCUT2D eigenvalue weighted by Crippen LogP contribution is -2.19. The van der Waals surface area contributed by atoms with Gasteiger partial charge in [0, 0.05) is 0 Å². The Morgan fingerprint density at radius 2 is 0.617 bits per heavy atom. The van der Waals surface area contributed by atoms with Crippen molar-refractivity contribution >= 4 is 0 Å². The van der Waals surface area contributed by atoms with E-state index < -0.39 is 80.8 Å². The van der Waals surface area contributed by atoms with E-state index in [4.69, 9.17) is 0 Å². The Balaban J connectivity index is 1.32. The van der Waals surface area contributed by atoms with Crippen molar-refractivity contribution < 1.29 is 71.5 Å². The highest BCUT2D eigenvalue weighted by molar-refractivity contribution is 5.55. The van der Waals surface area contributed by atoms with Crippen molar-refractivity contribution in [3.05, 3.63) is 129 Å². The maximum atomic E-state index is 11.2. The van der Waals surface area contributed by atoms with Gasteiger partial charge in [0.15, 0.2) is 69.0 Å². The fourth-order valence-corrected chi connectivity index (χ4v) is 7.62. The van der Waals surface area contributed by atoms with Gasteiger partial charge in [-0.15, -0.1) is 0 Å². The first-order valence-corrected chi connectivity index (χ1v) is 19.0. The van der Waals surface area contributed by atoms with Crippen molar-refractivity contribution in [3.8, 4) is 80.5 Å². The Bertz CT molecular complexity index is 2440. The van der Waals surface area contributed by atoms with Crippen LogP contribution in [0.3, 0.4) is 0 Å². The summed E-state index contributed by atoms with van der Waals surface area (Å²) in [5, 5.41) is 143. The van der Waals surface area contributed by atoms with E-state index in [2.05, 4.69) is 0 Å². The van der Waals surface area contributed by atoms with Gasteiger partial charge in [0.05, 0.1) is 0 Å². The molecule has 0 heterocycles. The van der Waals surface area contributed by atoms with Crippen LogP contribution in [0.2, 0.25) is 0 Å². The molecule has 6 aromatic carbocycles. The zero-order chi connectivity index (χ0) is 43.4. The van der Waals surface area contributed by atoms with Gasteiger partial charge in [0.25, 0.3) is 0 Å². The first-order valence-electron chi connectivity index (χ1n) is 19.0. The lowest BCUT2D eigenvalue weighted by Gasteiger charge is -2.29. The summed E-state index contributed by atoms with van der Waals surface area (Å²) in [4.78, 5) is 0. The number of hydrogen-bond donors (Lipinski definition) is 14. The molecule has 0 saturated carbocycles. The molecule has 14 N–H and O–H groups in total. The Labute approximate surface area is 343 Å². The minimum absolute atomic E-state index is 0.0263. The molecule has 14 heteroatoms. The molecule has 0 spiro atoms. The molecular formula is C46H46O14. The van der Waals surface area contributed by atoms with Gasteiger partial charge in [0.1, 0.15) is 11.5 Å². The molecule has 0 aliphatic rings. The van der Waals surface area contributed by atoms with Crippen molar-refractivity contribution in [1.29, 1.82) is 0 Å². The second kappa shape index (κ2) is 17.6. The summed E-state index contributed by atoms with van der Waals surface area (Å²) in [6, 6.07) is 20.9. The number of phenols is 14. The Morgan fingerprint density at radius 1 is 0.300 bits per heavy atom. The highest BCUT2D eigenvalue weighted by atomic mass is 16.3. The maximum Gasteiger partial charge on any atom is 0.200 e. The molecule has 0 fully saturated rings. The second-order valence-electron chi connectivity index (χ2n) is 15.1. The Morgan fingerprint density at radius 3 is 0.983 bits per heavy atom. The number of aromatic hydroxyl groups is 14. The van der Waals surface area contributed by atoms with Gasteiger partial charge in [0.2, 0.25) is 0 Å². The summed E-state index contributed by atoms with van der Waals surface area (Å²) in [5.74, 6) is -7.70. The van der Waals surface area contributed by atoms with Crippen LogP contribution in [0.25, 0.3) is 0 Å². The molecule has 0 radical (unpaired) electrons. The molecule has 6 rings (SSSR count). The van der Waals surface area contributed by atoms with Crippen LogP contribution in [0.1, 0.15) is 56.8 Å². The summed E-state index contributed by atoms with van der Waals surface area (Å²) in [6.07, 6.45) is 2.40. The minimum Gasteiger partial charge on any atom is -0.508 e. The second-order valence-corrected chi connectivity index (χ2v) is 15.1. The Hall–Kier alpha value is -7.48. The molecule has 0 aliphatic carbocycles. The van der Waals surface area contributed by atoms with Gasteiger partial charge in [-0.05, 0) is 168 Å². The van der Waals surface area contributed by atoms with Crippen molar-refractivity contribution in [1.82, 2.24) is 0 Å². The molecule has 14 nitrogen and oxygen atoms in total. The number of aryl methyl sites for hydroxylation is 5. The monoisotopic (exact) mass is 822 g/mol. The molecule has 314 valence electrons. The van der Waals surface area contributed by atoms with Crippen LogP contribution in [0.5, 0.6) is 80.5 Å². The molecule has 0 saturated heterocycles. The predicted molar refractivity (Wildman–Crippen MR) is 219 cm³/mol. The third-order valence-corrected chi connectivity index (χ3v) is 10.9. The van der Waals surface area contributed by atoms with Gasteiger partial charge in [-0.1, -0.05) is 24.3 Å². The third kappa shape index (κ3) is 9.61. The van der Waals surface area contributed by atoms with E-state index in [9.17, 15) is 71.5 Å². The minimum atomic E-state index is -0.709. The van der Waals surface area contributed by atoms with Gasteiger partial charge in [-0.2, -0.15) is 0 Å². The van der Waals surface area contributed by atoms with E-state index in [1.807, 2.05) is 6.07 Å². The summed E-state index contributed by atoms with van der Waals surface area (Å²) in [5.41, 5.74) is 4.44. The Kier molecular flexibility index (Phi) is 12.3. The smallest absolute Gasteiger partial charge is 0.200 e. The molecule has 0 aliphatic heterocycles. The molecule has 0 unspecified atom stereocenters. The lowest BCUT2D eigenvalue weighted by molar-refractivity contribution is 0.357. The largest absolute Gasteiger partial charge is 0.508 e. The lowest BCUT2D eigenvalue weighted by atomic mass is 9.75. The average Bonchev–Trinajstić information content (AvgIpc) is 3.19. The number of rotatable bonds is 15. The van der Waals surface area contributed by atoms with E-state index >= 15 is 0 Å². The van der Waals surface area contributed by atoms with Crippen molar-refractivity contribution in [2.45, 2.75) is 57.3 Å². The predicted octanol–water partition coefficient (Wildman–Crippen LogP) is 6.95. The van der Waals surface area contributed by atoms with E-state index in [1.54, 1.807) is 30.3 Å². The molecular weight excluding hydrogens is 776 g/mol. The molecule has 0 bridgehead atoms. The summed E-state index contributed by atoms with van der Waals surface area (Å²) < 4.78 is 0. The van der Waals surface area contributed by atoms with Gasteiger partial charge in [-0.25, -0.2) is 0 Å². The maximum absolute atomic E-state index is 11.2. The van der Waals surface area contributed by atoms with Crippen LogP contribution in [0.4, 0.5) is 0 Å². The highest BCUT2D eigenvalue weighted by Crippen LogP contribution is 2.44. The van der Waals surface area contributed by atoms with Crippen LogP contribution in [0, 0.1) is 5.92 Å². The van der Waals surface area contributed by atoms with E-state index in [1.165, 1.54) is 48.5 Å². The van der Waals surface area contributed by atoms with Crippen molar-refractivity contribution in [3.63, 3.8) is 0 Å². The third-order valence-electron chi connectivity index (χ3n) is 10.9. The normalized spacial score (nSPS) is 12.3. The average molecular weight is 823 g/mol. The molecule has 6 aromatic rings. The van der Waals surface area contributed by atoms with Crippen molar-refractivity contribution in [2.24, 2.45) is 5.92 Å². The molecule has 0 aromatic heterocycles. The van der Waals surface area contributed by atoms with E-state index in [-0.39, 0.29) is 24.3 Å². The fourth-order valence-electron chi connectivity index (χ4n) is 7.62. The van der Waals surface area contributed by atoms with Gasteiger partial charge < -0.3 is 71.5 Å². The van der Waals surface area contributed by atoms with Crippen LogP contribution < -0.4 is 0 Å². The zero-order valence-corrected chi connectivity index (χ0v) is 32.2. The SMILES string of the molecule is Oc1cc(C[C@H](CCc2cc(O)c(O)c(O)c2)[C@H](Cc2ccc(CCc3cc(O)c(O)c(O)c3)c(O)c2)c2cc(O)c(O)c(O)c2)ccc1CCc1cc(O)c(O)c(O)c1. The van der Waals surface area contributed by atoms with Crippen LogP contribution in [-0.2, 0) is 44.9 Å². The summed E-state index contributed by atoms with van der Waals surface area (Å²) in [7, 11) is 0. The van der Waals surface area contributed by atoms with Crippen LogP contribution >= 0.6 is 0 Å². The molecule has 60 heavy (non-hydrogen) atoms. The molecule has 2 atom stereocenters. The number of hydrogen-bond acceptors (Lipinski definition) is 14. The standard InChI is InChI=1S/C46H46O14/c47-33-13-23(1-6-28(33)8-3-25-15-35(49)43(57)36(50)16-25)11-30(10-5-27-19-39(53)45(59)40(54)20-27)32(31-21-41(55)46(60)42(56)22-31)12-24-2-7-29(34(48)14-24)9-4-26-17-37(51)44(58)38(52)18-26/h1-2,6-7,13-22,30,32,47-60H,3-5,8-12H2/t30-,32-/m0/s1. The fraction of sp³-hybridized carbons (Fsp3) is 0.217. The van der Waals surface area contributed by atoms with E-state index in [0.717, 1.165) is 0 Å². The first-order chi connectivity index (χ1) is 28.5. The zero-order valence-electron chi connectivity index (χ0n) is 32.2.